The number of fused-ring (bicyclic) bond motifs is 1. The number of aliphatic hydroxyl groups is 1. The van der Waals surface area contributed by atoms with Gasteiger partial charge in [-0.05, 0) is 42.3 Å². The molecule has 0 radical (unpaired) electrons. The number of aliphatic hydroxyl groups excluding tert-OH is 1. The van der Waals surface area contributed by atoms with Crippen molar-refractivity contribution < 1.29 is 9.84 Å². The van der Waals surface area contributed by atoms with E-state index in [0.29, 0.717) is 18.7 Å². The number of aryl methyl sites for hydroxylation is 1. The Morgan fingerprint density at radius 1 is 0.897 bits per heavy atom. The summed E-state index contributed by atoms with van der Waals surface area (Å²) >= 11 is 0. The first-order valence-corrected chi connectivity index (χ1v) is 9.76. The van der Waals surface area contributed by atoms with Crippen molar-refractivity contribution in [3.05, 3.63) is 95.6 Å². The molecule has 0 saturated heterocycles. The first kappa shape index (κ1) is 19.0. The first-order chi connectivity index (χ1) is 14.1. The van der Waals surface area contributed by atoms with Crippen LogP contribution in [0.15, 0.2) is 78.9 Å². The van der Waals surface area contributed by atoms with Gasteiger partial charge in [-0.25, -0.2) is 0 Å². The number of benzene rings is 3. The molecule has 0 aliphatic carbocycles. The molecular formula is C24H25N3O2. The summed E-state index contributed by atoms with van der Waals surface area (Å²) in [5, 5.41) is 19.3. The molecule has 1 heterocycles. The van der Waals surface area contributed by atoms with E-state index in [4.69, 9.17) is 10.1 Å². The second-order valence-corrected chi connectivity index (χ2v) is 7.28. The molecule has 4 aromatic rings. The topological polar surface area (TPSA) is 63.2 Å². The second-order valence-electron chi connectivity index (χ2n) is 7.28. The number of hydrogen-bond donors (Lipinski definition) is 2. The normalized spacial score (nSPS) is 12.2. The maximum absolute atomic E-state index is 10.6. The standard InChI is InChI=1S/C24H25N3O2/c1-18-8-7-11-21(14-18)29-17-20(28)16-27-23-13-6-5-12-22(23)26(24(27)25)15-19-9-3-2-4-10-19/h2-14,20,25,28H,15-17H2,1H3/t20-/m0/s1. The molecule has 5 nitrogen and oxygen atoms in total. The van der Waals surface area contributed by atoms with Gasteiger partial charge in [0.1, 0.15) is 18.5 Å². The smallest absolute Gasteiger partial charge is 0.203 e. The Morgan fingerprint density at radius 3 is 2.31 bits per heavy atom. The molecular weight excluding hydrogens is 362 g/mol. The largest absolute Gasteiger partial charge is 0.491 e. The van der Waals surface area contributed by atoms with E-state index < -0.39 is 6.10 Å². The molecule has 0 bridgehead atoms. The van der Waals surface area contributed by atoms with Crippen LogP contribution in [0.4, 0.5) is 0 Å². The molecule has 148 valence electrons. The van der Waals surface area contributed by atoms with Gasteiger partial charge < -0.3 is 19.0 Å². The zero-order valence-corrected chi connectivity index (χ0v) is 16.5. The SMILES string of the molecule is Cc1cccc(OC[C@@H](O)Cn2c(=N)n(Cc3ccccc3)c3ccccc32)c1. The summed E-state index contributed by atoms with van der Waals surface area (Å²) in [6.07, 6.45) is -0.722. The van der Waals surface area contributed by atoms with Crippen LogP contribution in [-0.2, 0) is 13.1 Å². The van der Waals surface area contributed by atoms with E-state index in [0.717, 1.165) is 27.9 Å². The van der Waals surface area contributed by atoms with Gasteiger partial charge in [0.05, 0.1) is 24.1 Å². The van der Waals surface area contributed by atoms with Crippen molar-refractivity contribution in [2.24, 2.45) is 0 Å². The van der Waals surface area contributed by atoms with Crippen molar-refractivity contribution in [2.75, 3.05) is 6.61 Å². The van der Waals surface area contributed by atoms with Crippen molar-refractivity contribution in [3.8, 4) is 5.75 Å². The van der Waals surface area contributed by atoms with E-state index in [2.05, 4.69) is 12.1 Å². The molecule has 2 N–H and O–H groups in total. The molecule has 3 aromatic carbocycles. The number of imidazole rings is 1. The summed E-state index contributed by atoms with van der Waals surface area (Å²) in [7, 11) is 0. The number of hydrogen-bond acceptors (Lipinski definition) is 3. The summed E-state index contributed by atoms with van der Waals surface area (Å²) in [4.78, 5) is 0. The van der Waals surface area contributed by atoms with Crippen molar-refractivity contribution in [3.63, 3.8) is 0 Å². The Bertz CT molecular complexity index is 1160. The molecule has 1 atom stereocenters. The molecule has 0 fully saturated rings. The molecule has 0 unspecified atom stereocenters. The minimum absolute atomic E-state index is 0.175. The Kier molecular flexibility index (Phi) is 5.49. The van der Waals surface area contributed by atoms with E-state index in [-0.39, 0.29) is 6.61 Å². The Labute approximate surface area is 169 Å². The lowest BCUT2D eigenvalue weighted by molar-refractivity contribution is 0.0921. The van der Waals surface area contributed by atoms with E-state index in [1.807, 2.05) is 82.8 Å². The Morgan fingerprint density at radius 2 is 1.59 bits per heavy atom. The predicted molar refractivity (Wildman–Crippen MR) is 114 cm³/mol. The van der Waals surface area contributed by atoms with Gasteiger partial charge in [-0.15, -0.1) is 0 Å². The van der Waals surface area contributed by atoms with Crippen molar-refractivity contribution in [2.45, 2.75) is 26.1 Å². The van der Waals surface area contributed by atoms with Crippen molar-refractivity contribution in [1.29, 1.82) is 5.41 Å². The average molecular weight is 387 g/mol. The van der Waals surface area contributed by atoms with Crippen LogP contribution >= 0.6 is 0 Å². The molecule has 5 heteroatoms. The Hall–Kier alpha value is -3.31. The zero-order valence-electron chi connectivity index (χ0n) is 16.5. The number of aromatic nitrogens is 2. The number of nitrogens with one attached hydrogen (secondary N) is 1. The molecule has 0 aliphatic rings. The minimum atomic E-state index is -0.722. The summed E-state index contributed by atoms with van der Waals surface area (Å²) in [5.74, 6) is 0.742. The van der Waals surface area contributed by atoms with Gasteiger partial charge in [-0.3, -0.25) is 5.41 Å². The third-order valence-electron chi connectivity index (χ3n) is 4.98. The summed E-state index contributed by atoms with van der Waals surface area (Å²) in [6.45, 7) is 3.09. The van der Waals surface area contributed by atoms with Gasteiger partial charge >= 0.3 is 0 Å². The molecule has 4 rings (SSSR count). The fourth-order valence-electron chi connectivity index (χ4n) is 3.57. The fourth-order valence-corrected chi connectivity index (χ4v) is 3.57. The zero-order chi connectivity index (χ0) is 20.2. The quantitative estimate of drug-likeness (QED) is 0.508. The molecule has 0 saturated carbocycles. The van der Waals surface area contributed by atoms with Gasteiger partial charge in [0.2, 0.25) is 5.62 Å². The van der Waals surface area contributed by atoms with Crippen LogP contribution in [-0.4, -0.2) is 27.0 Å². The number of rotatable bonds is 7. The first-order valence-electron chi connectivity index (χ1n) is 9.76. The highest BCUT2D eigenvalue weighted by atomic mass is 16.5. The highest BCUT2D eigenvalue weighted by Gasteiger charge is 2.14. The van der Waals surface area contributed by atoms with Crippen LogP contribution in [0.25, 0.3) is 11.0 Å². The number of nitrogens with zero attached hydrogens (tertiary/aromatic N) is 2. The lowest BCUT2D eigenvalue weighted by Crippen LogP contribution is -2.31. The van der Waals surface area contributed by atoms with Gasteiger partial charge in [0, 0.05) is 0 Å². The lowest BCUT2D eigenvalue weighted by Gasteiger charge is -2.14. The maximum atomic E-state index is 10.6. The molecule has 1 aromatic heterocycles. The van der Waals surface area contributed by atoms with E-state index in [9.17, 15) is 5.11 Å². The van der Waals surface area contributed by atoms with Crippen LogP contribution in [0.1, 0.15) is 11.1 Å². The van der Waals surface area contributed by atoms with Crippen LogP contribution in [0.2, 0.25) is 0 Å². The second kappa shape index (κ2) is 8.37. The summed E-state index contributed by atoms with van der Waals surface area (Å²) < 4.78 is 9.56. The Balaban J connectivity index is 1.57. The number of para-hydroxylation sites is 2. The fraction of sp³-hybridized carbons (Fsp3) is 0.208. The molecule has 0 spiro atoms. The highest BCUT2D eigenvalue weighted by Crippen LogP contribution is 2.16. The van der Waals surface area contributed by atoms with Gasteiger partial charge in [-0.1, -0.05) is 54.6 Å². The molecule has 29 heavy (non-hydrogen) atoms. The maximum Gasteiger partial charge on any atom is 0.203 e. The van der Waals surface area contributed by atoms with Gasteiger partial charge in [0.25, 0.3) is 0 Å². The van der Waals surface area contributed by atoms with E-state index >= 15 is 0 Å². The van der Waals surface area contributed by atoms with Crippen LogP contribution < -0.4 is 10.4 Å². The minimum Gasteiger partial charge on any atom is -0.491 e. The highest BCUT2D eigenvalue weighted by molar-refractivity contribution is 5.76. The predicted octanol–water partition coefficient (Wildman–Crippen LogP) is 3.72. The van der Waals surface area contributed by atoms with Crippen LogP contribution in [0.3, 0.4) is 0 Å². The van der Waals surface area contributed by atoms with E-state index in [1.165, 1.54) is 0 Å². The van der Waals surface area contributed by atoms with Gasteiger partial charge in [-0.2, -0.15) is 0 Å². The monoisotopic (exact) mass is 387 g/mol. The van der Waals surface area contributed by atoms with Gasteiger partial charge in [0.15, 0.2) is 0 Å². The van der Waals surface area contributed by atoms with E-state index in [1.54, 1.807) is 0 Å². The van der Waals surface area contributed by atoms with Crippen molar-refractivity contribution >= 4 is 11.0 Å². The lowest BCUT2D eigenvalue weighted by atomic mass is 10.2. The van der Waals surface area contributed by atoms with Crippen LogP contribution in [0.5, 0.6) is 5.75 Å². The molecule has 0 aliphatic heterocycles. The molecule has 0 amide bonds. The third-order valence-corrected chi connectivity index (χ3v) is 4.98. The van der Waals surface area contributed by atoms with Crippen LogP contribution in [0, 0.1) is 12.3 Å². The third kappa shape index (κ3) is 4.25. The van der Waals surface area contributed by atoms with Crippen molar-refractivity contribution in [1.82, 2.24) is 9.13 Å². The number of ether oxygens (including phenoxy) is 1. The summed E-state index contributed by atoms with van der Waals surface area (Å²) in [6, 6.07) is 25.8. The average Bonchev–Trinajstić information content (AvgIpc) is 2.99. The summed E-state index contributed by atoms with van der Waals surface area (Å²) in [5.41, 5.74) is 4.53.